The predicted octanol–water partition coefficient (Wildman–Crippen LogP) is 2.15. The summed E-state index contributed by atoms with van der Waals surface area (Å²) >= 11 is 0. The zero-order valence-corrected chi connectivity index (χ0v) is 9.91. The van der Waals surface area contributed by atoms with Crippen LogP contribution in [0.4, 0.5) is 10.5 Å². The smallest absolute Gasteiger partial charge is 0.319 e. The molecule has 1 rings (SSSR count). The molecule has 0 aliphatic rings. The lowest BCUT2D eigenvalue weighted by Crippen LogP contribution is -2.38. The Bertz CT molecular complexity index is 353. The van der Waals surface area contributed by atoms with Crippen molar-refractivity contribution in [3.63, 3.8) is 0 Å². The number of aryl methyl sites for hydroxylation is 1. The van der Waals surface area contributed by atoms with E-state index >= 15 is 0 Å². The van der Waals surface area contributed by atoms with E-state index in [2.05, 4.69) is 10.6 Å². The molecule has 1 atom stereocenters. The number of ether oxygens (including phenoxy) is 1. The zero-order valence-electron chi connectivity index (χ0n) is 9.91. The number of nitrogens with one attached hydrogen (secondary N) is 2. The van der Waals surface area contributed by atoms with E-state index in [1.807, 2.05) is 38.1 Å². The maximum Gasteiger partial charge on any atom is 0.319 e. The molecule has 0 fully saturated rings. The number of benzene rings is 1. The van der Waals surface area contributed by atoms with Crippen LogP contribution in [-0.2, 0) is 4.74 Å². The van der Waals surface area contributed by atoms with E-state index in [0.29, 0.717) is 6.61 Å². The lowest BCUT2D eigenvalue weighted by atomic mass is 10.2. The van der Waals surface area contributed by atoms with Crippen molar-refractivity contribution < 1.29 is 9.53 Å². The summed E-state index contributed by atoms with van der Waals surface area (Å²) in [6, 6.07) is 7.44. The highest BCUT2D eigenvalue weighted by atomic mass is 16.5. The van der Waals surface area contributed by atoms with Crippen LogP contribution in [0, 0.1) is 6.92 Å². The van der Waals surface area contributed by atoms with Gasteiger partial charge in [0.2, 0.25) is 0 Å². The molecule has 4 heteroatoms. The number of hydrogen-bond acceptors (Lipinski definition) is 2. The van der Waals surface area contributed by atoms with Gasteiger partial charge in [0, 0.05) is 12.8 Å². The SMILES string of the molecule is COCC(C)NC(=O)Nc1cccc(C)c1. The Hall–Kier alpha value is -1.55. The van der Waals surface area contributed by atoms with Crippen molar-refractivity contribution in [2.45, 2.75) is 19.9 Å². The number of anilines is 1. The fourth-order valence-electron chi connectivity index (χ4n) is 1.41. The van der Waals surface area contributed by atoms with Gasteiger partial charge in [-0.1, -0.05) is 12.1 Å². The maximum atomic E-state index is 11.5. The molecule has 0 aliphatic heterocycles. The molecule has 0 spiro atoms. The molecule has 1 aromatic carbocycles. The highest BCUT2D eigenvalue weighted by Gasteiger charge is 2.06. The summed E-state index contributed by atoms with van der Waals surface area (Å²) in [5, 5.41) is 5.54. The van der Waals surface area contributed by atoms with Gasteiger partial charge in [0.05, 0.1) is 12.6 Å². The zero-order chi connectivity index (χ0) is 12.0. The molecule has 0 saturated heterocycles. The average molecular weight is 222 g/mol. The first-order chi connectivity index (χ1) is 7.61. The predicted molar refractivity (Wildman–Crippen MR) is 64.7 cm³/mol. The minimum Gasteiger partial charge on any atom is -0.383 e. The van der Waals surface area contributed by atoms with Crippen molar-refractivity contribution in [3.8, 4) is 0 Å². The van der Waals surface area contributed by atoms with E-state index in [0.717, 1.165) is 11.3 Å². The van der Waals surface area contributed by atoms with Gasteiger partial charge in [0.1, 0.15) is 0 Å². The third-order valence-corrected chi connectivity index (χ3v) is 2.07. The lowest BCUT2D eigenvalue weighted by molar-refractivity contribution is 0.173. The van der Waals surface area contributed by atoms with Gasteiger partial charge < -0.3 is 15.4 Å². The number of methoxy groups -OCH3 is 1. The van der Waals surface area contributed by atoms with E-state index in [1.54, 1.807) is 7.11 Å². The summed E-state index contributed by atoms with van der Waals surface area (Å²) in [5.41, 5.74) is 1.91. The third kappa shape index (κ3) is 4.31. The molecular formula is C12H18N2O2. The Morgan fingerprint density at radius 3 is 2.88 bits per heavy atom. The van der Waals surface area contributed by atoms with Crippen LogP contribution >= 0.6 is 0 Å². The van der Waals surface area contributed by atoms with Crippen LogP contribution in [0.25, 0.3) is 0 Å². The molecule has 1 aromatic rings. The Balaban J connectivity index is 2.45. The number of hydrogen-bond donors (Lipinski definition) is 2. The molecule has 2 amide bonds. The topological polar surface area (TPSA) is 50.4 Å². The Labute approximate surface area is 96.0 Å². The normalized spacial score (nSPS) is 11.9. The van der Waals surface area contributed by atoms with Crippen LogP contribution < -0.4 is 10.6 Å². The standard InChI is InChI=1S/C12H18N2O2/c1-9-5-4-6-11(7-9)14-12(15)13-10(2)8-16-3/h4-7,10H,8H2,1-3H3,(H2,13,14,15). The van der Waals surface area contributed by atoms with E-state index in [-0.39, 0.29) is 12.1 Å². The van der Waals surface area contributed by atoms with Gasteiger partial charge in [-0.3, -0.25) is 0 Å². The van der Waals surface area contributed by atoms with Crippen LogP contribution in [0.1, 0.15) is 12.5 Å². The van der Waals surface area contributed by atoms with Gasteiger partial charge in [-0.15, -0.1) is 0 Å². The number of amides is 2. The number of rotatable bonds is 4. The average Bonchev–Trinajstić information content (AvgIpc) is 2.17. The van der Waals surface area contributed by atoms with Gasteiger partial charge in [0.25, 0.3) is 0 Å². The molecule has 0 aromatic heterocycles. The highest BCUT2D eigenvalue weighted by Crippen LogP contribution is 2.08. The quantitative estimate of drug-likeness (QED) is 0.820. The molecule has 0 aliphatic carbocycles. The molecule has 16 heavy (non-hydrogen) atoms. The van der Waals surface area contributed by atoms with Gasteiger partial charge in [-0.25, -0.2) is 4.79 Å². The second-order valence-electron chi connectivity index (χ2n) is 3.82. The fourth-order valence-corrected chi connectivity index (χ4v) is 1.41. The highest BCUT2D eigenvalue weighted by molar-refractivity contribution is 5.89. The van der Waals surface area contributed by atoms with Crippen LogP contribution in [-0.4, -0.2) is 25.8 Å². The molecule has 0 heterocycles. The monoisotopic (exact) mass is 222 g/mol. The van der Waals surface area contributed by atoms with Crippen LogP contribution in [0.2, 0.25) is 0 Å². The summed E-state index contributed by atoms with van der Waals surface area (Å²) in [5.74, 6) is 0. The fraction of sp³-hybridized carbons (Fsp3) is 0.417. The Kier molecular flexibility index (Phi) is 4.79. The van der Waals surface area contributed by atoms with Crippen molar-refractivity contribution in [2.75, 3.05) is 19.0 Å². The van der Waals surface area contributed by atoms with Gasteiger partial charge in [-0.2, -0.15) is 0 Å². The van der Waals surface area contributed by atoms with Crippen molar-refractivity contribution in [2.24, 2.45) is 0 Å². The molecule has 1 unspecified atom stereocenters. The first kappa shape index (κ1) is 12.5. The molecule has 0 saturated carbocycles. The lowest BCUT2D eigenvalue weighted by Gasteiger charge is -2.13. The van der Waals surface area contributed by atoms with Gasteiger partial charge in [0.15, 0.2) is 0 Å². The van der Waals surface area contributed by atoms with Gasteiger partial charge in [-0.05, 0) is 31.5 Å². The number of carbonyl (C=O) groups is 1. The molecular weight excluding hydrogens is 204 g/mol. The summed E-state index contributed by atoms with van der Waals surface area (Å²) < 4.78 is 4.93. The van der Waals surface area contributed by atoms with Crippen molar-refractivity contribution in [1.29, 1.82) is 0 Å². The minimum absolute atomic E-state index is 0.00481. The maximum absolute atomic E-state index is 11.5. The first-order valence-corrected chi connectivity index (χ1v) is 5.25. The first-order valence-electron chi connectivity index (χ1n) is 5.25. The number of carbonyl (C=O) groups excluding carboxylic acids is 1. The van der Waals surface area contributed by atoms with E-state index < -0.39 is 0 Å². The molecule has 88 valence electrons. The van der Waals surface area contributed by atoms with Crippen molar-refractivity contribution >= 4 is 11.7 Å². The van der Waals surface area contributed by atoms with Crippen molar-refractivity contribution in [3.05, 3.63) is 29.8 Å². The number of urea groups is 1. The van der Waals surface area contributed by atoms with Gasteiger partial charge >= 0.3 is 6.03 Å². The third-order valence-electron chi connectivity index (χ3n) is 2.07. The van der Waals surface area contributed by atoms with Crippen LogP contribution in [0.5, 0.6) is 0 Å². The van der Waals surface area contributed by atoms with E-state index in [9.17, 15) is 4.79 Å². The summed E-state index contributed by atoms with van der Waals surface area (Å²) in [4.78, 5) is 11.5. The largest absolute Gasteiger partial charge is 0.383 e. The molecule has 2 N–H and O–H groups in total. The summed E-state index contributed by atoms with van der Waals surface area (Å²) in [6.45, 7) is 4.37. The summed E-state index contributed by atoms with van der Waals surface area (Å²) in [6.07, 6.45) is 0. The minimum atomic E-state index is -0.213. The van der Waals surface area contributed by atoms with Crippen LogP contribution in [0.3, 0.4) is 0 Å². The molecule has 4 nitrogen and oxygen atoms in total. The molecule has 0 bridgehead atoms. The van der Waals surface area contributed by atoms with Crippen LogP contribution in [0.15, 0.2) is 24.3 Å². The summed E-state index contributed by atoms with van der Waals surface area (Å²) in [7, 11) is 1.61. The van der Waals surface area contributed by atoms with E-state index in [1.165, 1.54) is 0 Å². The van der Waals surface area contributed by atoms with E-state index in [4.69, 9.17) is 4.74 Å². The molecule has 0 radical (unpaired) electrons. The Morgan fingerprint density at radius 1 is 1.50 bits per heavy atom. The second kappa shape index (κ2) is 6.12. The van der Waals surface area contributed by atoms with Crippen molar-refractivity contribution in [1.82, 2.24) is 5.32 Å². The second-order valence-corrected chi connectivity index (χ2v) is 3.82. The Morgan fingerprint density at radius 2 is 2.25 bits per heavy atom.